The molecule has 0 saturated heterocycles. The second-order valence-corrected chi connectivity index (χ2v) is 3.94. The molecule has 0 radical (unpaired) electrons. The van der Waals surface area contributed by atoms with Crippen LogP contribution >= 0.6 is 0 Å². The van der Waals surface area contributed by atoms with E-state index in [1.54, 1.807) is 6.07 Å². The molecular weight excluding hydrogens is 190 g/mol. The molecule has 1 aliphatic rings. The summed E-state index contributed by atoms with van der Waals surface area (Å²) in [6.07, 6.45) is 2.17. The fourth-order valence-corrected chi connectivity index (χ4v) is 1.47. The van der Waals surface area contributed by atoms with Crippen LogP contribution in [0.2, 0.25) is 0 Å². The highest BCUT2D eigenvalue weighted by Gasteiger charge is 2.24. The van der Waals surface area contributed by atoms with E-state index in [1.165, 1.54) is 0 Å². The fourth-order valence-electron chi connectivity index (χ4n) is 1.47. The molecule has 0 aliphatic heterocycles. The van der Waals surface area contributed by atoms with Gasteiger partial charge in [0.15, 0.2) is 0 Å². The normalized spacial score (nSPS) is 14.8. The highest BCUT2D eigenvalue weighted by molar-refractivity contribution is 5.99. The highest BCUT2D eigenvalue weighted by atomic mass is 16.1. The Balaban J connectivity index is 2.21. The Labute approximate surface area is 88.8 Å². The van der Waals surface area contributed by atoms with Gasteiger partial charge in [-0.25, -0.2) is 0 Å². The van der Waals surface area contributed by atoms with Crippen molar-refractivity contribution in [3.63, 3.8) is 0 Å². The minimum Gasteiger partial charge on any atom is -0.349 e. The summed E-state index contributed by atoms with van der Waals surface area (Å²) in [4.78, 5) is 11.8. The topological polar surface area (TPSA) is 67.2 Å². The van der Waals surface area contributed by atoms with Crippen LogP contribution in [0.5, 0.6) is 0 Å². The van der Waals surface area contributed by atoms with E-state index in [9.17, 15) is 4.79 Å². The number of anilines is 1. The number of nitrogens with one attached hydrogen (secondary N) is 2. The van der Waals surface area contributed by atoms with Gasteiger partial charge in [-0.1, -0.05) is 6.07 Å². The van der Waals surface area contributed by atoms with Gasteiger partial charge in [0.05, 0.1) is 11.3 Å². The summed E-state index contributed by atoms with van der Waals surface area (Å²) < 4.78 is 0. The van der Waals surface area contributed by atoms with Crippen molar-refractivity contribution in [3.05, 3.63) is 29.3 Å². The molecule has 1 amide bonds. The van der Waals surface area contributed by atoms with Gasteiger partial charge in [-0.2, -0.15) is 0 Å². The van der Waals surface area contributed by atoms with E-state index >= 15 is 0 Å². The quantitative estimate of drug-likeness (QED) is 0.512. The maximum atomic E-state index is 11.8. The van der Waals surface area contributed by atoms with E-state index in [4.69, 9.17) is 5.84 Å². The third-order valence-electron chi connectivity index (χ3n) is 2.49. The number of hydrogen-bond acceptors (Lipinski definition) is 3. The SMILES string of the molecule is Cc1ccc(C(=O)NC2CC2)c(NN)c1. The van der Waals surface area contributed by atoms with Crippen LogP contribution in [-0.2, 0) is 0 Å². The number of rotatable bonds is 3. The van der Waals surface area contributed by atoms with Gasteiger partial charge < -0.3 is 10.7 Å². The number of carbonyl (C=O) groups excluding carboxylic acids is 1. The Hall–Kier alpha value is -1.55. The summed E-state index contributed by atoms with van der Waals surface area (Å²) in [5, 5.41) is 2.93. The van der Waals surface area contributed by atoms with Gasteiger partial charge in [0.25, 0.3) is 5.91 Å². The third kappa shape index (κ3) is 2.27. The molecule has 4 nitrogen and oxygen atoms in total. The smallest absolute Gasteiger partial charge is 0.253 e. The van der Waals surface area contributed by atoms with Crippen molar-refractivity contribution in [3.8, 4) is 0 Å². The molecule has 4 N–H and O–H groups in total. The molecule has 0 unspecified atom stereocenters. The summed E-state index contributed by atoms with van der Waals surface area (Å²) in [6.45, 7) is 1.96. The molecular formula is C11H15N3O. The van der Waals surface area contributed by atoms with E-state index < -0.39 is 0 Å². The van der Waals surface area contributed by atoms with Gasteiger partial charge in [-0.05, 0) is 37.5 Å². The zero-order chi connectivity index (χ0) is 10.8. The van der Waals surface area contributed by atoms with Crippen LogP contribution in [0.1, 0.15) is 28.8 Å². The van der Waals surface area contributed by atoms with Crippen molar-refractivity contribution < 1.29 is 4.79 Å². The van der Waals surface area contributed by atoms with E-state index in [0.29, 0.717) is 17.3 Å². The second kappa shape index (κ2) is 3.90. The molecule has 1 aromatic rings. The molecule has 15 heavy (non-hydrogen) atoms. The first kappa shape index (κ1) is 9.98. The average molecular weight is 205 g/mol. The molecule has 0 spiro atoms. The van der Waals surface area contributed by atoms with Crippen LogP contribution in [-0.4, -0.2) is 11.9 Å². The van der Waals surface area contributed by atoms with Crippen molar-refractivity contribution in [1.82, 2.24) is 5.32 Å². The number of nitrogens with two attached hydrogens (primary N) is 1. The van der Waals surface area contributed by atoms with Crippen LogP contribution in [0.15, 0.2) is 18.2 Å². The number of benzene rings is 1. The molecule has 1 fully saturated rings. The van der Waals surface area contributed by atoms with E-state index in [2.05, 4.69) is 10.7 Å². The highest BCUT2D eigenvalue weighted by Crippen LogP contribution is 2.21. The number of nitrogen functional groups attached to an aromatic ring is 1. The number of aryl methyl sites for hydroxylation is 1. The first-order valence-electron chi connectivity index (χ1n) is 5.09. The number of hydrazine groups is 1. The standard InChI is InChI=1S/C11H15N3O/c1-7-2-5-9(10(6-7)14-12)11(15)13-8-3-4-8/h2,5-6,8,14H,3-4,12H2,1H3,(H,13,15). The van der Waals surface area contributed by atoms with Gasteiger partial charge in [0, 0.05) is 6.04 Å². The van der Waals surface area contributed by atoms with Gasteiger partial charge >= 0.3 is 0 Å². The van der Waals surface area contributed by atoms with E-state index in [-0.39, 0.29) is 5.91 Å². The van der Waals surface area contributed by atoms with Crippen molar-refractivity contribution in [2.45, 2.75) is 25.8 Å². The molecule has 2 rings (SSSR count). The summed E-state index contributed by atoms with van der Waals surface area (Å²) >= 11 is 0. The summed E-state index contributed by atoms with van der Waals surface area (Å²) in [5.74, 6) is 5.32. The zero-order valence-electron chi connectivity index (χ0n) is 8.71. The Bertz CT molecular complexity index is 385. The minimum absolute atomic E-state index is 0.0505. The third-order valence-corrected chi connectivity index (χ3v) is 2.49. The van der Waals surface area contributed by atoms with Gasteiger partial charge in [0.2, 0.25) is 0 Å². The lowest BCUT2D eigenvalue weighted by Gasteiger charge is -2.09. The second-order valence-electron chi connectivity index (χ2n) is 3.94. The Morgan fingerprint density at radius 2 is 2.20 bits per heavy atom. The maximum absolute atomic E-state index is 11.8. The van der Waals surface area contributed by atoms with Crippen molar-refractivity contribution in [2.24, 2.45) is 5.84 Å². The Morgan fingerprint density at radius 3 is 2.80 bits per heavy atom. The van der Waals surface area contributed by atoms with Crippen LogP contribution in [0, 0.1) is 6.92 Å². The number of carbonyl (C=O) groups is 1. The molecule has 1 aromatic carbocycles. The van der Waals surface area contributed by atoms with Crippen molar-refractivity contribution >= 4 is 11.6 Å². The Kier molecular flexibility index (Phi) is 2.60. The lowest BCUT2D eigenvalue weighted by atomic mass is 10.1. The van der Waals surface area contributed by atoms with Crippen molar-refractivity contribution in [2.75, 3.05) is 5.43 Å². The first-order chi connectivity index (χ1) is 7.20. The lowest BCUT2D eigenvalue weighted by molar-refractivity contribution is 0.0952. The fraction of sp³-hybridized carbons (Fsp3) is 0.364. The molecule has 1 aliphatic carbocycles. The minimum atomic E-state index is -0.0505. The molecule has 80 valence electrons. The number of hydrogen-bond donors (Lipinski definition) is 3. The molecule has 0 heterocycles. The molecule has 4 heteroatoms. The van der Waals surface area contributed by atoms with Crippen LogP contribution in [0.4, 0.5) is 5.69 Å². The Morgan fingerprint density at radius 1 is 1.47 bits per heavy atom. The summed E-state index contributed by atoms with van der Waals surface area (Å²) in [6, 6.07) is 5.93. The number of amides is 1. The molecule has 0 atom stereocenters. The maximum Gasteiger partial charge on any atom is 0.253 e. The average Bonchev–Trinajstić information content (AvgIpc) is 3.01. The van der Waals surface area contributed by atoms with Crippen molar-refractivity contribution in [1.29, 1.82) is 0 Å². The molecule has 0 aromatic heterocycles. The van der Waals surface area contributed by atoms with Gasteiger partial charge in [0.1, 0.15) is 0 Å². The van der Waals surface area contributed by atoms with Crippen LogP contribution in [0.3, 0.4) is 0 Å². The predicted octanol–water partition coefficient (Wildman–Crippen LogP) is 1.17. The van der Waals surface area contributed by atoms with E-state index in [0.717, 1.165) is 18.4 Å². The zero-order valence-corrected chi connectivity index (χ0v) is 8.71. The molecule has 1 saturated carbocycles. The molecule has 0 bridgehead atoms. The first-order valence-corrected chi connectivity index (χ1v) is 5.09. The van der Waals surface area contributed by atoms with Crippen LogP contribution in [0.25, 0.3) is 0 Å². The van der Waals surface area contributed by atoms with Gasteiger partial charge in [-0.3, -0.25) is 10.6 Å². The van der Waals surface area contributed by atoms with E-state index in [1.807, 2.05) is 19.1 Å². The summed E-state index contributed by atoms with van der Waals surface area (Å²) in [5.41, 5.74) is 4.91. The summed E-state index contributed by atoms with van der Waals surface area (Å²) in [7, 11) is 0. The lowest BCUT2D eigenvalue weighted by Crippen LogP contribution is -2.27. The predicted molar refractivity (Wildman–Crippen MR) is 59.5 cm³/mol. The van der Waals surface area contributed by atoms with Crippen LogP contribution < -0.4 is 16.6 Å². The van der Waals surface area contributed by atoms with Gasteiger partial charge in [-0.15, -0.1) is 0 Å². The largest absolute Gasteiger partial charge is 0.349 e. The monoisotopic (exact) mass is 205 g/mol.